The highest BCUT2D eigenvalue weighted by atomic mass is 16.4. The molecule has 0 unspecified atom stereocenters. The van der Waals surface area contributed by atoms with Crippen LogP contribution in [0.3, 0.4) is 0 Å². The summed E-state index contributed by atoms with van der Waals surface area (Å²) in [6, 6.07) is 7.32. The summed E-state index contributed by atoms with van der Waals surface area (Å²) in [5.74, 6) is -1.49. The lowest BCUT2D eigenvalue weighted by molar-refractivity contribution is -0.137. The Morgan fingerprint density at radius 1 is 1.33 bits per heavy atom. The van der Waals surface area contributed by atoms with Gasteiger partial charge in [0, 0.05) is 14.1 Å². The Balaban J connectivity index is 2.15. The fourth-order valence-corrected chi connectivity index (χ4v) is 1.77. The smallest absolute Gasteiger partial charge is 0.325 e. The third-order valence-corrected chi connectivity index (χ3v) is 2.70. The fourth-order valence-electron chi connectivity index (χ4n) is 1.77. The van der Waals surface area contributed by atoms with Crippen molar-refractivity contribution in [1.29, 1.82) is 0 Å². The van der Waals surface area contributed by atoms with Crippen molar-refractivity contribution < 1.29 is 14.7 Å². The van der Waals surface area contributed by atoms with Crippen LogP contribution in [0.1, 0.15) is 10.5 Å². The summed E-state index contributed by atoms with van der Waals surface area (Å²) in [6.07, 6.45) is 1.29. The number of para-hydroxylation sites is 2. The number of rotatable bonds is 5. The van der Waals surface area contributed by atoms with Gasteiger partial charge in [-0.2, -0.15) is 0 Å². The zero-order chi connectivity index (χ0) is 15.4. The number of amides is 1. The molecule has 0 aliphatic carbocycles. The number of anilines is 2. The Morgan fingerprint density at radius 3 is 2.71 bits per heavy atom. The molecule has 0 saturated carbocycles. The summed E-state index contributed by atoms with van der Waals surface area (Å²) in [5.41, 5.74) is 1.55. The Kier molecular flexibility index (Phi) is 4.17. The van der Waals surface area contributed by atoms with Crippen LogP contribution in [-0.4, -0.2) is 46.1 Å². The van der Waals surface area contributed by atoms with Crippen molar-refractivity contribution in [2.75, 3.05) is 24.3 Å². The average molecular weight is 289 g/mol. The van der Waals surface area contributed by atoms with Gasteiger partial charge < -0.3 is 15.3 Å². The maximum atomic E-state index is 12.1. The van der Waals surface area contributed by atoms with E-state index in [9.17, 15) is 9.59 Å². The lowest BCUT2D eigenvalue weighted by Gasteiger charge is -2.17. The van der Waals surface area contributed by atoms with Crippen LogP contribution in [0, 0.1) is 0 Å². The van der Waals surface area contributed by atoms with E-state index in [4.69, 9.17) is 5.11 Å². The lowest BCUT2D eigenvalue weighted by Crippen LogP contribution is -2.17. The van der Waals surface area contributed by atoms with Crippen LogP contribution in [0.4, 0.5) is 11.4 Å². The van der Waals surface area contributed by atoms with E-state index in [1.165, 1.54) is 6.20 Å². The summed E-state index contributed by atoms with van der Waals surface area (Å²) in [6.45, 7) is -0.339. The number of benzene rings is 1. The topological polar surface area (TPSA) is 100 Å². The van der Waals surface area contributed by atoms with E-state index < -0.39 is 11.9 Å². The van der Waals surface area contributed by atoms with Crippen molar-refractivity contribution in [2.24, 2.45) is 0 Å². The van der Waals surface area contributed by atoms with Gasteiger partial charge in [-0.3, -0.25) is 9.59 Å². The number of nitrogens with one attached hydrogen (secondary N) is 1. The predicted octanol–water partition coefficient (Wildman–Crippen LogP) is 0.681. The second kappa shape index (κ2) is 6.04. The Hall–Kier alpha value is -2.90. The number of carboxylic acids is 1. The molecule has 0 radical (unpaired) electrons. The fraction of sp³-hybridized carbons (Fsp3) is 0.231. The summed E-state index contributed by atoms with van der Waals surface area (Å²) >= 11 is 0. The first-order valence-electron chi connectivity index (χ1n) is 6.17. The Morgan fingerprint density at radius 2 is 2.05 bits per heavy atom. The van der Waals surface area contributed by atoms with Crippen LogP contribution >= 0.6 is 0 Å². The number of hydrogen-bond acceptors (Lipinski definition) is 5. The second-order valence-electron chi connectivity index (χ2n) is 4.56. The highest BCUT2D eigenvalue weighted by Gasteiger charge is 2.14. The van der Waals surface area contributed by atoms with Gasteiger partial charge >= 0.3 is 5.97 Å². The monoisotopic (exact) mass is 289 g/mol. The minimum Gasteiger partial charge on any atom is -0.480 e. The summed E-state index contributed by atoms with van der Waals surface area (Å²) < 4.78 is 1.09. The van der Waals surface area contributed by atoms with E-state index in [1.807, 2.05) is 37.2 Å². The summed E-state index contributed by atoms with van der Waals surface area (Å²) in [5, 5.41) is 18.6. The average Bonchev–Trinajstić information content (AvgIpc) is 2.86. The van der Waals surface area contributed by atoms with E-state index in [1.54, 1.807) is 6.07 Å². The van der Waals surface area contributed by atoms with Gasteiger partial charge in [-0.25, -0.2) is 4.68 Å². The molecular formula is C13H15N5O3. The van der Waals surface area contributed by atoms with Gasteiger partial charge in [-0.05, 0) is 12.1 Å². The maximum absolute atomic E-state index is 12.1. The van der Waals surface area contributed by atoms with Crippen LogP contribution in [0.2, 0.25) is 0 Å². The van der Waals surface area contributed by atoms with Gasteiger partial charge in [0.25, 0.3) is 5.91 Å². The van der Waals surface area contributed by atoms with Crippen molar-refractivity contribution in [1.82, 2.24) is 15.0 Å². The van der Waals surface area contributed by atoms with Gasteiger partial charge in [0.05, 0.1) is 17.6 Å². The molecule has 1 aromatic heterocycles. The van der Waals surface area contributed by atoms with Crippen LogP contribution in [0.25, 0.3) is 0 Å². The Labute approximate surface area is 121 Å². The molecule has 0 bridgehead atoms. The SMILES string of the molecule is CN(C)c1ccccc1NC(=O)c1cn(CC(=O)O)nn1. The van der Waals surface area contributed by atoms with Gasteiger partial charge in [-0.15, -0.1) is 5.10 Å². The first-order chi connectivity index (χ1) is 9.97. The van der Waals surface area contributed by atoms with E-state index in [2.05, 4.69) is 15.6 Å². The second-order valence-corrected chi connectivity index (χ2v) is 4.56. The van der Waals surface area contributed by atoms with Gasteiger partial charge in [0.15, 0.2) is 5.69 Å². The summed E-state index contributed by atoms with van der Waals surface area (Å²) in [4.78, 5) is 24.5. The normalized spacial score (nSPS) is 10.2. The van der Waals surface area contributed by atoms with Crippen molar-refractivity contribution in [3.05, 3.63) is 36.2 Å². The molecule has 8 nitrogen and oxygen atoms in total. The van der Waals surface area contributed by atoms with E-state index >= 15 is 0 Å². The number of nitrogens with zero attached hydrogens (tertiary/aromatic N) is 4. The zero-order valence-electron chi connectivity index (χ0n) is 11.6. The van der Waals surface area contributed by atoms with E-state index in [0.717, 1.165) is 10.4 Å². The molecule has 0 aliphatic heterocycles. The summed E-state index contributed by atoms with van der Waals surface area (Å²) in [7, 11) is 3.74. The largest absolute Gasteiger partial charge is 0.480 e. The molecule has 110 valence electrons. The van der Waals surface area contributed by atoms with Crippen molar-refractivity contribution in [2.45, 2.75) is 6.54 Å². The number of carboxylic acid groups (broad SMARTS) is 1. The molecule has 0 saturated heterocycles. The molecule has 1 heterocycles. The number of carbonyl (C=O) groups excluding carboxylic acids is 1. The molecule has 2 rings (SSSR count). The molecule has 21 heavy (non-hydrogen) atoms. The van der Waals surface area contributed by atoms with Crippen LogP contribution in [0.15, 0.2) is 30.5 Å². The maximum Gasteiger partial charge on any atom is 0.325 e. The molecule has 0 atom stereocenters. The molecule has 0 fully saturated rings. The number of hydrogen-bond donors (Lipinski definition) is 2. The van der Waals surface area contributed by atoms with Crippen molar-refractivity contribution in [3.63, 3.8) is 0 Å². The number of aromatic nitrogens is 3. The van der Waals surface area contributed by atoms with Gasteiger partial charge in [-0.1, -0.05) is 17.3 Å². The minimum absolute atomic E-state index is 0.0600. The first-order valence-corrected chi connectivity index (χ1v) is 6.17. The third-order valence-electron chi connectivity index (χ3n) is 2.70. The van der Waals surface area contributed by atoms with Crippen LogP contribution in [-0.2, 0) is 11.3 Å². The van der Waals surface area contributed by atoms with E-state index in [-0.39, 0.29) is 12.2 Å². The molecular weight excluding hydrogens is 274 g/mol. The zero-order valence-corrected chi connectivity index (χ0v) is 11.6. The molecule has 1 amide bonds. The third kappa shape index (κ3) is 3.56. The van der Waals surface area contributed by atoms with Crippen LogP contribution in [0.5, 0.6) is 0 Å². The van der Waals surface area contributed by atoms with E-state index in [0.29, 0.717) is 5.69 Å². The van der Waals surface area contributed by atoms with Crippen molar-refractivity contribution in [3.8, 4) is 0 Å². The van der Waals surface area contributed by atoms with Crippen molar-refractivity contribution >= 4 is 23.3 Å². The van der Waals surface area contributed by atoms with Gasteiger partial charge in [0.1, 0.15) is 6.54 Å². The van der Waals surface area contributed by atoms with Gasteiger partial charge in [0.2, 0.25) is 0 Å². The number of carbonyl (C=O) groups is 2. The number of aliphatic carboxylic acids is 1. The molecule has 2 aromatic rings. The first kappa shape index (κ1) is 14.5. The predicted molar refractivity (Wildman–Crippen MR) is 76.4 cm³/mol. The molecule has 1 aromatic carbocycles. The quantitative estimate of drug-likeness (QED) is 0.839. The molecule has 0 spiro atoms. The standard InChI is InChI=1S/C13H15N5O3/c1-17(2)11-6-4-3-5-9(11)14-13(21)10-7-18(16-15-10)8-12(19)20/h3-7H,8H2,1-2H3,(H,14,21)(H,19,20). The Bertz CT molecular complexity index is 665. The minimum atomic E-state index is -1.05. The molecule has 2 N–H and O–H groups in total. The highest BCUT2D eigenvalue weighted by molar-refractivity contribution is 6.04. The van der Waals surface area contributed by atoms with Crippen LogP contribution < -0.4 is 10.2 Å². The molecule has 0 aliphatic rings. The molecule has 8 heteroatoms. The highest BCUT2D eigenvalue weighted by Crippen LogP contribution is 2.23. The lowest BCUT2D eigenvalue weighted by atomic mass is 10.2.